The third kappa shape index (κ3) is 8.38. The molecule has 3 N–H and O–H groups in total. The normalized spacial score (nSPS) is 13.4. The van der Waals surface area contributed by atoms with Crippen molar-refractivity contribution in [2.75, 3.05) is 20.9 Å². The molecule has 282 valence electrons. The van der Waals surface area contributed by atoms with Gasteiger partial charge in [-0.25, -0.2) is 26.8 Å². The predicted molar refractivity (Wildman–Crippen MR) is 210 cm³/mol. The van der Waals surface area contributed by atoms with Gasteiger partial charge in [0.25, 0.3) is 0 Å². The van der Waals surface area contributed by atoms with E-state index < -0.39 is 20.0 Å². The monoisotopic (exact) mass is 760 g/mol. The summed E-state index contributed by atoms with van der Waals surface area (Å²) in [6.07, 6.45) is 4.82. The van der Waals surface area contributed by atoms with Crippen LogP contribution in [0, 0.1) is 0 Å². The zero-order valence-electron chi connectivity index (χ0n) is 31.5. The Morgan fingerprint density at radius 2 is 1.17 bits per heavy atom. The maximum atomic E-state index is 12.4. The Balaban J connectivity index is 1.40. The van der Waals surface area contributed by atoms with Crippen molar-refractivity contribution in [2.24, 2.45) is 0 Å². The first-order valence-electron chi connectivity index (χ1n) is 17.9. The van der Waals surface area contributed by atoms with E-state index in [4.69, 9.17) is 25.3 Å². The second kappa shape index (κ2) is 14.2. The second-order valence-electron chi connectivity index (χ2n) is 15.4. The van der Waals surface area contributed by atoms with Crippen LogP contribution in [0.4, 0.5) is 11.4 Å². The summed E-state index contributed by atoms with van der Waals surface area (Å²) in [6, 6.07) is 14.0. The summed E-state index contributed by atoms with van der Waals surface area (Å²) in [7, 11) is -6.85. The van der Waals surface area contributed by atoms with Crippen LogP contribution in [0.25, 0.3) is 40.1 Å². The van der Waals surface area contributed by atoms with E-state index in [9.17, 15) is 16.8 Å². The molecular formula is C37H48N10O4S2. The molecule has 2 aromatic carbocycles. The summed E-state index contributed by atoms with van der Waals surface area (Å²) >= 11 is 0. The minimum atomic E-state index is -3.43. The minimum Gasteiger partial charge on any atom is -0.284 e. The van der Waals surface area contributed by atoms with Crippen LogP contribution in [0.3, 0.4) is 0 Å². The van der Waals surface area contributed by atoms with E-state index >= 15 is 0 Å². The minimum absolute atomic E-state index is 0.0720. The van der Waals surface area contributed by atoms with E-state index in [1.807, 2.05) is 13.8 Å². The Kier molecular flexibility index (Phi) is 10.2. The molecule has 16 heteroatoms. The van der Waals surface area contributed by atoms with Gasteiger partial charge in [-0.2, -0.15) is 9.73 Å². The van der Waals surface area contributed by atoms with Crippen molar-refractivity contribution in [3.8, 4) is 22.8 Å². The first-order valence-corrected chi connectivity index (χ1v) is 21.2. The van der Waals surface area contributed by atoms with Gasteiger partial charge >= 0.3 is 0 Å². The first kappa shape index (κ1) is 37.9. The zero-order valence-corrected chi connectivity index (χ0v) is 33.2. The molecule has 0 radical (unpaired) electrons. The molecule has 0 spiro atoms. The van der Waals surface area contributed by atoms with E-state index in [0.717, 1.165) is 46.1 Å². The van der Waals surface area contributed by atoms with Crippen molar-refractivity contribution in [1.29, 1.82) is 0 Å². The number of nitrogens with one attached hydrogen (secondary N) is 3. The molecule has 0 saturated heterocycles. The van der Waals surface area contributed by atoms with Gasteiger partial charge < -0.3 is 0 Å². The fourth-order valence-electron chi connectivity index (χ4n) is 5.93. The third-order valence-corrected chi connectivity index (χ3v) is 11.5. The third-order valence-electron chi connectivity index (χ3n) is 8.73. The van der Waals surface area contributed by atoms with Gasteiger partial charge in [-0.05, 0) is 67.4 Å². The van der Waals surface area contributed by atoms with E-state index in [1.54, 1.807) is 57.8 Å². The number of aromatic amines is 1. The maximum absolute atomic E-state index is 12.4. The molecule has 14 nitrogen and oxygen atoms in total. The lowest BCUT2D eigenvalue weighted by molar-refractivity contribution is 0.553. The van der Waals surface area contributed by atoms with Crippen LogP contribution in [0.2, 0.25) is 0 Å². The summed E-state index contributed by atoms with van der Waals surface area (Å²) in [6.45, 7) is 16.5. The fourth-order valence-corrected chi connectivity index (χ4v) is 8.46. The largest absolute Gasteiger partial charge is 0.284 e. The quantitative estimate of drug-likeness (QED) is 0.126. The number of benzene rings is 2. The number of rotatable bonds is 13. The summed E-state index contributed by atoms with van der Waals surface area (Å²) in [4.78, 5) is 9.89. The molecule has 4 heterocycles. The summed E-state index contributed by atoms with van der Waals surface area (Å²) in [5, 5.41) is 18.6. The van der Waals surface area contributed by atoms with Gasteiger partial charge in [-0.1, -0.05) is 68.2 Å². The summed E-state index contributed by atoms with van der Waals surface area (Å²) in [5.41, 5.74) is 5.52. The molecule has 0 atom stereocenters. The Labute approximate surface area is 310 Å². The average molecular weight is 761 g/mol. The zero-order chi connectivity index (χ0) is 38.3. The molecule has 53 heavy (non-hydrogen) atoms. The fraction of sp³-hybridized carbons (Fsp3) is 0.432. The van der Waals surface area contributed by atoms with Crippen molar-refractivity contribution < 1.29 is 16.8 Å². The smallest absolute Gasteiger partial charge is 0.232 e. The lowest BCUT2D eigenvalue weighted by Gasteiger charge is -2.18. The first-order chi connectivity index (χ1) is 24.9. The van der Waals surface area contributed by atoms with Gasteiger partial charge in [0, 0.05) is 44.1 Å². The molecule has 0 aliphatic carbocycles. The molecular weight excluding hydrogens is 713 g/mol. The molecule has 0 amide bonds. The van der Waals surface area contributed by atoms with E-state index in [1.165, 1.54) is 0 Å². The number of hydrogen-bond acceptors (Lipinski definition) is 9. The van der Waals surface area contributed by atoms with Crippen LogP contribution in [0.1, 0.15) is 98.0 Å². The van der Waals surface area contributed by atoms with Crippen molar-refractivity contribution in [3.63, 3.8) is 0 Å². The summed E-state index contributed by atoms with van der Waals surface area (Å²) in [5.74, 6) is 1.08. The van der Waals surface area contributed by atoms with Gasteiger partial charge in [0.2, 0.25) is 20.0 Å². The average Bonchev–Trinajstić information content (AvgIpc) is 3.84. The molecule has 0 aliphatic heterocycles. The van der Waals surface area contributed by atoms with Crippen LogP contribution in [-0.2, 0) is 30.9 Å². The summed E-state index contributed by atoms with van der Waals surface area (Å²) < 4.78 is 58.2. The lowest BCUT2D eigenvalue weighted by atomic mass is 9.88. The lowest BCUT2D eigenvalue weighted by Crippen LogP contribution is -2.22. The molecule has 0 fully saturated rings. The Morgan fingerprint density at radius 1 is 0.679 bits per heavy atom. The highest BCUT2D eigenvalue weighted by molar-refractivity contribution is 7.92. The molecule has 0 bridgehead atoms. The molecule has 0 aliphatic rings. The highest BCUT2D eigenvalue weighted by Gasteiger charge is 2.28. The highest BCUT2D eigenvalue weighted by atomic mass is 32.2. The predicted octanol–water partition coefficient (Wildman–Crippen LogP) is 6.06. The van der Waals surface area contributed by atoms with Crippen molar-refractivity contribution >= 4 is 48.8 Å². The number of H-pyrrole nitrogens is 1. The van der Waals surface area contributed by atoms with Crippen molar-refractivity contribution in [3.05, 3.63) is 70.7 Å². The van der Waals surface area contributed by atoms with E-state index in [2.05, 4.69) is 62.2 Å². The van der Waals surface area contributed by atoms with Gasteiger partial charge in [-0.15, -0.1) is 14.8 Å². The number of aromatic nitrogens is 8. The molecule has 6 aromatic rings. The van der Waals surface area contributed by atoms with Crippen molar-refractivity contribution in [1.82, 2.24) is 39.6 Å². The Hall–Kier alpha value is -4.83. The van der Waals surface area contributed by atoms with Gasteiger partial charge in [0.05, 0.1) is 22.9 Å². The van der Waals surface area contributed by atoms with E-state index in [0.29, 0.717) is 47.2 Å². The standard InChI is InChI=1S/C37H48N10O4S2/c1-9-11-21-52(48,49)44-26-17-13-24(14-18-26)32-38-34-28(30(36(3,4)5)40-46(34)42-32)23-29-31(37(6,7)8)41-47-35(29)39-33(43-47)25-15-19-27(20-16-25)45-53(50,51)22-12-10-2/h13-20,23,40,44-45H,9-12,21-22H2,1-8H3/b29-23-. The number of fused-ring (bicyclic) bond motifs is 2. The number of unbranched alkanes of at least 4 members (excludes halogenated alkanes) is 2. The number of nitrogens with zero attached hydrogens (tertiary/aromatic N) is 7. The Bertz CT molecular complexity index is 2520. The van der Waals surface area contributed by atoms with Gasteiger partial charge in [0.1, 0.15) is 0 Å². The van der Waals surface area contributed by atoms with Crippen LogP contribution in [0.5, 0.6) is 0 Å². The van der Waals surface area contributed by atoms with Crippen LogP contribution in [-0.4, -0.2) is 68.0 Å². The van der Waals surface area contributed by atoms with Gasteiger partial charge in [0.15, 0.2) is 22.9 Å². The SMILES string of the molecule is CCCCS(=O)(=O)Nc1ccc(-c2nc3/c(=C\c4c(C(C)(C)C)[nH]n5nc(-c6ccc(NS(=O)(=O)CCCC)cc6)nc45)c(C(C)(C)C)nn3n2)cc1. The molecule has 0 unspecified atom stereocenters. The van der Waals surface area contributed by atoms with Crippen LogP contribution >= 0.6 is 0 Å². The topological polar surface area (TPSA) is 181 Å². The molecule has 4 aromatic heterocycles. The molecule has 6 rings (SSSR count). The van der Waals surface area contributed by atoms with Gasteiger partial charge in [-0.3, -0.25) is 14.5 Å². The maximum Gasteiger partial charge on any atom is 0.232 e. The molecule has 0 saturated carbocycles. The van der Waals surface area contributed by atoms with E-state index in [-0.39, 0.29) is 22.3 Å². The number of hydrogen-bond donors (Lipinski definition) is 3. The Morgan fingerprint density at radius 3 is 1.64 bits per heavy atom. The number of sulfonamides is 2. The van der Waals surface area contributed by atoms with Crippen LogP contribution < -0.4 is 14.7 Å². The number of anilines is 2. The highest BCUT2D eigenvalue weighted by Crippen LogP contribution is 2.30. The van der Waals surface area contributed by atoms with Crippen molar-refractivity contribution in [2.45, 2.75) is 91.9 Å². The van der Waals surface area contributed by atoms with Crippen LogP contribution in [0.15, 0.2) is 48.5 Å². The second-order valence-corrected chi connectivity index (χ2v) is 19.1.